The fraction of sp³-hybridized carbons (Fsp3) is 0.421. The molecule has 0 bridgehead atoms. The van der Waals surface area contributed by atoms with Crippen LogP contribution in [-0.4, -0.2) is 59.4 Å². The average Bonchev–Trinajstić information content (AvgIpc) is 3.32. The summed E-state index contributed by atoms with van der Waals surface area (Å²) in [5.74, 6) is -1.28. The lowest BCUT2D eigenvalue weighted by atomic mass is 10.0. The molecule has 4 rings (SSSR count). The van der Waals surface area contributed by atoms with Gasteiger partial charge in [-0.25, -0.2) is 19.7 Å². The molecule has 32 heavy (non-hydrogen) atoms. The van der Waals surface area contributed by atoms with Crippen molar-refractivity contribution in [2.75, 3.05) is 11.9 Å². The van der Waals surface area contributed by atoms with Gasteiger partial charge in [0.15, 0.2) is 0 Å². The minimum Gasteiger partial charge on any atom is -0.475 e. The number of halogens is 3. The number of hydrogen-bond donors (Lipinski definition) is 2. The Morgan fingerprint density at radius 1 is 1.31 bits per heavy atom. The molecule has 0 aromatic carbocycles. The second-order valence-corrected chi connectivity index (χ2v) is 7.20. The minimum atomic E-state index is -5.08. The van der Waals surface area contributed by atoms with Gasteiger partial charge in [-0.05, 0) is 13.0 Å². The Balaban J connectivity index is 0.000000360. The highest BCUT2D eigenvalue weighted by Crippen LogP contribution is 2.24. The number of aromatic nitrogens is 5. The Bertz CT molecular complexity index is 1040. The van der Waals surface area contributed by atoms with Crippen molar-refractivity contribution in [3.05, 3.63) is 53.7 Å². The molecule has 1 aliphatic heterocycles. The maximum Gasteiger partial charge on any atom is 0.490 e. The summed E-state index contributed by atoms with van der Waals surface area (Å²) in [6.07, 6.45) is 1.21. The molecular weight excluding hydrogens is 431 g/mol. The standard InChI is InChI=1S/C17H21N7O.C2HF3O2/c1-12-6-13(22-25-12)9-24-10-15-16(23(2)11-21-15)7-14(24)8-20-17-18-4-3-5-19-17;3-2(4,5)1(6)7/h3-6,11,14H,7-10H2,1-2H3,(H,18,19,20);(H,6,7). The largest absolute Gasteiger partial charge is 0.490 e. The zero-order chi connectivity index (χ0) is 23.3. The van der Waals surface area contributed by atoms with Crippen molar-refractivity contribution >= 4 is 11.9 Å². The average molecular weight is 453 g/mol. The second kappa shape index (κ2) is 9.77. The van der Waals surface area contributed by atoms with Crippen LogP contribution in [0.2, 0.25) is 0 Å². The topological polar surface area (TPSA) is 122 Å². The number of nitrogens with one attached hydrogen (secondary N) is 1. The molecule has 0 aliphatic carbocycles. The quantitative estimate of drug-likeness (QED) is 0.598. The zero-order valence-electron chi connectivity index (χ0n) is 17.4. The van der Waals surface area contributed by atoms with Gasteiger partial charge in [0.25, 0.3) is 0 Å². The summed E-state index contributed by atoms with van der Waals surface area (Å²) in [6.45, 7) is 4.19. The Hall–Kier alpha value is -3.48. The van der Waals surface area contributed by atoms with Gasteiger partial charge in [0.1, 0.15) is 5.76 Å². The molecule has 0 radical (unpaired) electrons. The molecule has 1 unspecified atom stereocenters. The SMILES string of the molecule is Cc1cc(CN2Cc3ncn(C)c3CC2CNc2ncccn2)no1.O=C(O)C(F)(F)F. The molecule has 13 heteroatoms. The van der Waals surface area contributed by atoms with Crippen LogP contribution in [0, 0.1) is 6.92 Å². The van der Waals surface area contributed by atoms with E-state index in [0.29, 0.717) is 12.0 Å². The highest BCUT2D eigenvalue weighted by Gasteiger charge is 2.38. The van der Waals surface area contributed by atoms with Gasteiger partial charge in [0.2, 0.25) is 5.95 Å². The first-order chi connectivity index (χ1) is 15.1. The molecule has 1 aliphatic rings. The van der Waals surface area contributed by atoms with Gasteiger partial charge in [-0.1, -0.05) is 5.16 Å². The van der Waals surface area contributed by atoms with E-state index in [2.05, 4.69) is 34.9 Å². The lowest BCUT2D eigenvalue weighted by Crippen LogP contribution is -2.44. The van der Waals surface area contributed by atoms with Crippen molar-refractivity contribution in [2.45, 2.75) is 38.7 Å². The van der Waals surface area contributed by atoms with E-state index in [1.54, 1.807) is 12.4 Å². The van der Waals surface area contributed by atoms with Crippen LogP contribution in [0.1, 0.15) is 22.8 Å². The fourth-order valence-electron chi connectivity index (χ4n) is 3.26. The normalized spacial score (nSPS) is 16.1. The predicted octanol–water partition coefficient (Wildman–Crippen LogP) is 2.18. The molecule has 10 nitrogen and oxygen atoms in total. The van der Waals surface area contributed by atoms with Crippen molar-refractivity contribution in [1.29, 1.82) is 0 Å². The lowest BCUT2D eigenvalue weighted by molar-refractivity contribution is -0.192. The second-order valence-electron chi connectivity index (χ2n) is 7.20. The molecule has 2 N–H and O–H groups in total. The third kappa shape index (κ3) is 6.03. The van der Waals surface area contributed by atoms with Gasteiger partial charge in [-0.3, -0.25) is 4.90 Å². The molecule has 0 saturated heterocycles. The monoisotopic (exact) mass is 453 g/mol. The van der Waals surface area contributed by atoms with E-state index in [1.165, 1.54) is 5.69 Å². The number of anilines is 1. The van der Waals surface area contributed by atoms with Gasteiger partial charge >= 0.3 is 12.1 Å². The molecule has 3 aromatic heterocycles. The van der Waals surface area contributed by atoms with Crippen LogP contribution in [0.5, 0.6) is 0 Å². The number of alkyl halides is 3. The molecule has 4 heterocycles. The number of imidazole rings is 1. The number of aryl methyl sites for hydroxylation is 2. The van der Waals surface area contributed by atoms with Crippen LogP contribution in [0.4, 0.5) is 19.1 Å². The molecule has 3 aromatic rings. The van der Waals surface area contributed by atoms with Crippen molar-refractivity contribution in [3.63, 3.8) is 0 Å². The van der Waals surface area contributed by atoms with E-state index in [1.807, 2.05) is 32.4 Å². The Morgan fingerprint density at radius 2 is 2.00 bits per heavy atom. The van der Waals surface area contributed by atoms with E-state index in [4.69, 9.17) is 14.4 Å². The Kier molecular flexibility index (Phi) is 7.08. The number of carboxylic acids is 1. The molecular formula is C19H22F3N7O3. The Labute approximate surface area is 181 Å². The first kappa shape index (κ1) is 23.2. The van der Waals surface area contributed by atoms with Crippen LogP contribution < -0.4 is 5.32 Å². The number of aliphatic carboxylic acids is 1. The molecule has 0 amide bonds. The van der Waals surface area contributed by atoms with Crippen molar-refractivity contribution in [3.8, 4) is 0 Å². The first-order valence-corrected chi connectivity index (χ1v) is 9.59. The molecule has 0 saturated carbocycles. The molecule has 0 fully saturated rings. The summed E-state index contributed by atoms with van der Waals surface area (Å²) in [4.78, 5) is 24.3. The molecule has 172 valence electrons. The molecule has 0 spiro atoms. The first-order valence-electron chi connectivity index (χ1n) is 9.59. The predicted molar refractivity (Wildman–Crippen MR) is 105 cm³/mol. The van der Waals surface area contributed by atoms with Gasteiger partial charge in [0.05, 0.1) is 17.7 Å². The number of nitrogens with zero attached hydrogens (tertiary/aromatic N) is 6. The minimum absolute atomic E-state index is 0.295. The highest BCUT2D eigenvalue weighted by molar-refractivity contribution is 5.73. The summed E-state index contributed by atoms with van der Waals surface area (Å²) in [7, 11) is 2.05. The number of rotatable bonds is 5. The van der Waals surface area contributed by atoms with Crippen LogP contribution in [0.15, 0.2) is 35.4 Å². The molecule has 1 atom stereocenters. The number of hydrogen-bond acceptors (Lipinski definition) is 8. The van der Waals surface area contributed by atoms with Crippen LogP contribution >= 0.6 is 0 Å². The van der Waals surface area contributed by atoms with E-state index < -0.39 is 12.1 Å². The van der Waals surface area contributed by atoms with Crippen molar-refractivity contribution in [1.82, 2.24) is 29.6 Å². The summed E-state index contributed by atoms with van der Waals surface area (Å²) in [5, 5.41) is 14.6. The van der Waals surface area contributed by atoms with Gasteiger partial charge in [-0.2, -0.15) is 13.2 Å². The fourth-order valence-corrected chi connectivity index (χ4v) is 3.26. The maximum absolute atomic E-state index is 10.6. The maximum atomic E-state index is 10.6. The summed E-state index contributed by atoms with van der Waals surface area (Å²) in [6, 6.07) is 4.09. The van der Waals surface area contributed by atoms with Crippen LogP contribution in [-0.2, 0) is 31.4 Å². The van der Waals surface area contributed by atoms with E-state index in [0.717, 1.165) is 43.2 Å². The third-order valence-corrected chi connectivity index (χ3v) is 4.79. The van der Waals surface area contributed by atoms with Crippen LogP contribution in [0.3, 0.4) is 0 Å². The summed E-state index contributed by atoms with van der Waals surface area (Å²) >= 11 is 0. The lowest BCUT2D eigenvalue weighted by Gasteiger charge is -2.35. The smallest absolute Gasteiger partial charge is 0.475 e. The Morgan fingerprint density at radius 3 is 2.59 bits per heavy atom. The number of fused-ring (bicyclic) bond motifs is 1. The van der Waals surface area contributed by atoms with Crippen molar-refractivity contribution in [2.24, 2.45) is 7.05 Å². The zero-order valence-corrected chi connectivity index (χ0v) is 17.4. The third-order valence-electron chi connectivity index (χ3n) is 4.79. The number of carbonyl (C=O) groups is 1. The van der Waals surface area contributed by atoms with Gasteiger partial charge in [-0.15, -0.1) is 0 Å². The van der Waals surface area contributed by atoms with E-state index >= 15 is 0 Å². The summed E-state index contributed by atoms with van der Waals surface area (Å²) in [5.41, 5.74) is 3.36. The van der Waals surface area contributed by atoms with Gasteiger partial charge in [0, 0.05) is 63.3 Å². The van der Waals surface area contributed by atoms with Crippen molar-refractivity contribution < 1.29 is 27.6 Å². The number of carboxylic acid groups (broad SMARTS) is 1. The van der Waals surface area contributed by atoms with E-state index in [9.17, 15) is 13.2 Å². The van der Waals surface area contributed by atoms with Crippen LogP contribution in [0.25, 0.3) is 0 Å². The highest BCUT2D eigenvalue weighted by atomic mass is 19.4. The summed E-state index contributed by atoms with van der Waals surface area (Å²) < 4.78 is 39.1. The van der Waals surface area contributed by atoms with Gasteiger partial charge < -0.3 is 19.5 Å². The van der Waals surface area contributed by atoms with E-state index in [-0.39, 0.29) is 0 Å².